The summed E-state index contributed by atoms with van der Waals surface area (Å²) in [5, 5.41) is 0. The Kier molecular flexibility index (Phi) is 3.90. The van der Waals surface area contributed by atoms with Crippen molar-refractivity contribution in [2.24, 2.45) is 5.41 Å². The molecule has 2 nitrogen and oxygen atoms in total. The van der Waals surface area contributed by atoms with Gasteiger partial charge in [0.05, 0.1) is 6.61 Å². The van der Waals surface area contributed by atoms with Crippen molar-refractivity contribution in [3.05, 3.63) is 71.8 Å². The fraction of sp³-hybridized carbons (Fsp3) is 0.316. The second-order valence-electron chi connectivity index (χ2n) is 5.94. The molecule has 0 N–H and O–H groups in total. The molecule has 0 unspecified atom stereocenters. The van der Waals surface area contributed by atoms with E-state index in [1.807, 2.05) is 0 Å². The second kappa shape index (κ2) is 5.65. The van der Waals surface area contributed by atoms with Crippen LogP contribution in [-0.2, 0) is 14.9 Å². The molecule has 126 valence electrons. The maximum atomic E-state index is 14.0. The predicted molar refractivity (Wildman–Crippen MR) is 83.4 cm³/mol. The Morgan fingerprint density at radius 3 is 1.83 bits per heavy atom. The van der Waals surface area contributed by atoms with Gasteiger partial charge in [0.1, 0.15) is 0 Å². The highest BCUT2D eigenvalue weighted by Gasteiger charge is 2.85. The molecule has 0 amide bonds. The normalized spacial score (nSPS) is 22.0. The number of ether oxygens (including phenoxy) is 1. The van der Waals surface area contributed by atoms with Gasteiger partial charge in [0.25, 0.3) is 0 Å². The van der Waals surface area contributed by atoms with E-state index in [1.54, 1.807) is 60.7 Å². The minimum Gasteiger partial charge on any atom is -0.465 e. The third-order valence-corrected chi connectivity index (χ3v) is 4.77. The zero-order valence-corrected chi connectivity index (χ0v) is 13.1. The van der Waals surface area contributed by atoms with Crippen LogP contribution in [0.5, 0.6) is 0 Å². The lowest BCUT2D eigenvalue weighted by Crippen LogP contribution is -2.41. The van der Waals surface area contributed by atoms with Crippen LogP contribution in [0.4, 0.5) is 13.2 Å². The number of carbonyl (C=O) groups is 1. The number of esters is 1. The number of carbonyl (C=O) groups excluding carboxylic acids is 1. The summed E-state index contributed by atoms with van der Waals surface area (Å²) >= 11 is 0. The first-order valence-corrected chi connectivity index (χ1v) is 7.75. The van der Waals surface area contributed by atoms with Gasteiger partial charge in [-0.3, -0.25) is 4.79 Å². The number of alkyl halides is 3. The Labute approximate surface area is 138 Å². The van der Waals surface area contributed by atoms with Crippen molar-refractivity contribution in [2.75, 3.05) is 6.61 Å². The predicted octanol–water partition coefficient (Wildman–Crippen LogP) is 4.49. The molecule has 1 saturated carbocycles. The molecule has 0 bridgehead atoms. The molecule has 1 fully saturated rings. The number of halogens is 3. The number of hydrogen-bond acceptors (Lipinski definition) is 2. The lowest BCUT2D eigenvalue weighted by molar-refractivity contribution is -0.210. The summed E-state index contributed by atoms with van der Waals surface area (Å²) in [6.07, 6.45) is -5.04. The van der Waals surface area contributed by atoms with Gasteiger partial charge in [-0.25, -0.2) is 0 Å². The van der Waals surface area contributed by atoms with Crippen molar-refractivity contribution in [1.82, 2.24) is 0 Å². The van der Waals surface area contributed by atoms with Crippen molar-refractivity contribution in [2.45, 2.75) is 24.9 Å². The first-order chi connectivity index (χ1) is 11.4. The van der Waals surface area contributed by atoms with Crippen LogP contribution in [0.2, 0.25) is 0 Å². The molecular weight excluding hydrogens is 317 g/mol. The van der Waals surface area contributed by atoms with Gasteiger partial charge < -0.3 is 4.74 Å². The highest BCUT2D eigenvalue weighted by atomic mass is 19.4. The molecule has 0 saturated heterocycles. The SMILES string of the molecule is CCOC(=O)[C@]1(C(F)(F)F)CC1(c1ccccc1)c1ccccc1. The van der Waals surface area contributed by atoms with Gasteiger partial charge in [0.15, 0.2) is 5.41 Å². The van der Waals surface area contributed by atoms with E-state index < -0.39 is 23.0 Å². The molecule has 0 radical (unpaired) electrons. The molecule has 1 aliphatic rings. The third kappa shape index (κ3) is 2.14. The van der Waals surface area contributed by atoms with E-state index >= 15 is 0 Å². The Morgan fingerprint density at radius 1 is 1.00 bits per heavy atom. The van der Waals surface area contributed by atoms with Crippen LogP contribution in [-0.4, -0.2) is 18.8 Å². The molecule has 0 aliphatic heterocycles. The highest BCUT2D eigenvalue weighted by Crippen LogP contribution is 2.74. The zero-order valence-electron chi connectivity index (χ0n) is 13.1. The summed E-state index contributed by atoms with van der Waals surface area (Å²) in [5.74, 6) is -1.20. The smallest absolute Gasteiger partial charge is 0.406 e. The van der Waals surface area contributed by atoms with Crippen LogP contribution in [0, 0.1) is 5.41 Å². The summed E-state index contributed by atoms with van der Waals surface area (Å²) in [5.41, 5.74) is -3.04. The monoisotopic (exact) mass is 334 g/mol. The fourth-order valence-corrected chi connectivity index (χ4v) is 3.62. The zero-order chi connectivity index (χ0) is 17.4. The largest absolute Gasteiger partial charge is 0.465 e. The van der Waals surface area contributed by atoms with Crippen LogP contribution in [0.15, 0.2) is 60.7 Å². The molecule has 3 rings (SSSR count). The van der Waals surface area contributed by atoms with E-state index in [0.29, 0.717) is 11.1 Å². The fourth-order valence-electron chi connectivity index (χ4n) is 3.62. The number of rotatable bonds is 4. The number of hydrogen-bond donors (Lipinski definition) is 0. The van der Waals surface area contributed by atoms with Crippen LogP contribution >= 0.6 is 0 Å². The van der Waals surface area contributed by atoms with E-state index in [-0.39, 0.29) is 13.0 Å². The van der Waals surface area contributed by atoms with E-state index in [1.165, 1.54) is 6.92 Å². The van der Waals surface area contributed by atoms with E-state index in [2.05, 4.69) is 0 Å². The van der Waals surface area contributed by atoms with Crippen molar-refractivity contribution in [3.8, 4) is 0 Å². The van der Waals surface area contributed by atoms with E-state index in [4.69, 9.17) is 4.74 Å². The van der Waals surface area contributed by atoms with Crippen LogP contribution in [0.25, 0.3) is 0 Å². The van der Waals surface area contributed by atoms with E-state index in [9.17, 15) is 18.0 Å². The molecule has 0 heterocycles. The molecule has 1 atom stereocenters. The summed E-state index contributed by atoms with van der Waals surface area (Å²) in [6.45, 7) is 1.42. The summed E-state index contributed by atoms with van der Waals surface area (Å²) in [4.78, 5) is 12.4. The van der Waals surface area contributed by atoms with Gasteiger partial charge >= 0.3 is 12.1 Å². The van der Waals surface area contributed by atoms with Crippen LogP contribution in [0.3, 0.4) is 0 Å². The Hall–Kier alpha value is -2.30. The maximum absolute atomic E-state index is 14.0. The Morgan fingerprint density at radius 2 is 1.46 bits per heavy atom. The van der Waals surface area contributed by atoms with Crippen molar-refractivity contribution in [1.29, 1.82) is 0 Å². The lowest BCUT2D eigenvalue weighted by atomic mass is 9.79. The molecule has 5 heteroatoms. The van der Waals surface area contributed by atoms with Crippen molar-refractivity contribution < 1.29 is 22.7 Å². The Balaban J connectivity index is 2.23. The highest BCUT2D eigenvalue weighted by molar-refractivity contribution is 5.87. The maximum Gasteiger partial charge on any atom is 0.406 e. The van der Waals surface area contributed by atoms with Crippen molar-refractivity contribution >= 4 is 5.97 Å². The molecule has 2 aromatic rings. The third-order valence-electron chi connectivity index (χ3n) is 4.77. The molecule has 2 aromatic carbocycles. The molecule has 1 aliphatic carbocycles. The summed E-state index contributed by atoms with van der Waals surface area (Å²) in [7, 11) is 0. The van der Waals surface area contributed by atoms with Gasteiger partial charge in [-0.15, -0.1) is 0 Å². The minimum atomic E-state index is -4.70. The van der Waals surface area contributed by atoms with Crippen molar-refractivity contribution in [3.63, 3.8) is 0 Å². The molecule has 0 spiro atoms. The molecule has 24 heavy (non-hydrogen) atoms. The van der Waals surface area contributed by atoms with Gasteiger partial charge in [0, 0.05) is 5.41 Å². The first-order valence-electron chi connectivity index (χ1n) is 7.75. The van der Waals surface area contributed by atoms with Gasteiger partial charge in [-0.05, 0) is 24.5 Å². The standard InChI is InChI=1S/C19H17F3O2/c1-2-24-16(23)18(19(20,21)22)13-17(18,14-9-5-3-6-10-14)15-11-7-4-8-12-15/h3-12H,2,13H2,1H3/t18-/m1/s1. The lowest BCUT2D eigenvalue weighted by Gasteiger charge is -2.27. The number of benzene rings is 2. The summed E-state index contributed by atoms with van der Waals surface area (Å²) < 4.78 is 46.9. The van der Waals surface area contributed by atoms with E-state index in [0.717, 1.165) is 0 Å². The average Bonchev–Trinajstić information content (AvgIpc) is 3.30. The van der Waals surface area contributed by atoms with Gasteiger partial charge in [-0.1, -0.05) is 60.7 Å². The minimum absolute atomic E-state index is 0.0870. The quantitative estimate of drug-likeness (QED) is 0.770. The topological polar surface area (TPSA) is 26.3 Å². The van der Waals surface area contributed by atoms with Gasteiger partial charge in [0.2, 0.25) is 0 Å². The molecule has 0 aromatic heterocycles. The molecular formula is C19H17F3O2. The summed E-state index contributed by atoms with van der Waals surface area (Å²) in [6, 6.07) is 16.8. The average molecular weight is 334 g/mol. The first kappa shape index (κ1) is 16.6. The Bertz CT molecular complexity index is 686. The van der Waals surface area contributed by atoms with Crippen LogP contribution < -0.4 is 0 Å². The second-order valence-corrected chi connectivity index (χ2v) is 5.94. The van der Waals surface area contributed by atoms with Gasteiger partial charge in [-0.2, -0.15) is 13.2 Å². The van der Waals surface area contributed by atoms with Crippen LogP contribution in [0.1, 0.15) is 24.5 Å².